The van der Waals surface area contributed by atoms with E-state index in [0.29, 0.717) is 30.5 Å². The van der Waals surface area contributed by atoms with Gasteiger partial charge < -0.3 is 25.4 Å². The molecule has 0 spiro atoms. The van der Waals surface area contributed by atoms with Crippen molar-refractivity contribution in [3.63, 3.8) is 0 Å². The molecule has 0 atom stereocenters. The quantitative estimate of drug-likeness (QED) is 0.402. The molecule has 0 heterocycles. The third-order valence-electron chi connectivity index (χ3n) is 3.11. The molecule has 7 heteroatoms. The maximum absolute atomic E-state index is 11.5. The molecular formula is C16H26N4O3. The van der Waals surface area contributed by atoms with Gasteiger partial charge in [0.1, 0.15) is 0 Å². The summed E-state index contributed by atoms with van der Waals surface area (Å²) in [4.78, 5) is 15.6. The van der Waals surface area contributed by atoms with Crippen molar-refractivity contribution >= 4 is 17.6 Å². The molecule has 0 bridgehead atoms. The Morgan fingerprint density at radius 2 is 1.78 bits per heavy atom. The average Bonchev–Trinajstić information content (AvgIpc) is 2.56. The van der Waals surface area contributed by atoms with Crippen molar-refractivity contribution in [2.75, 3.05) is 39.7 Å². The molecule has 128 valence electrons. The molecule has 0 fully saturated rings. The standard InChI is InChI=1S/C16H26N4O3/c1-11(2)15(21)18-8-9-19-16(17-3)20-12-6-7-13(22-4)14(10-12)23-5/h6-7,10-11H,8-9H2,1-5H3,(H,18,21)(H2,17,19,20). The maximum Gasteiger partial charge on any atom is 0.222 e. The SMILES string of the molecule is CN=C(NCCNC(=O)C(C)C)Nc1ccc(OC)c(OC)c1. The fraction of sp³-hybridized carbons (Fsp3) is 0.500. The summed E-state index contributed by atoms with van der Waals surface area (Å²) in [6, 6.07) is 5.51. The van der Waals surface area contributed by atoms with Gasteiger partial charge in [-0.05, 0) is 12.1 Å². The number of methoxy groups -OCH3 is 2. The molecule has 0 aliphatic heterocycles. The summed E-state index contributed by atoms with van der Waals surface area (Å²) in [5.41, 5.74) is 0.821. The summed E-state index contributed by atoms with van der Waals surface area (Å²) < 4.78 is 10.5. The number of hydrogen-bond donors (Lipinski definition) is 3. The molecule has 0 saturated carbocycles. The second kappa shape index (κ2) is 9.55. The van der Waals surface area contributed by atoms with Crippen molar-refractivity contribution in [3.05, 3.63) is 18.2 Å². The molecule has 1 aromatic rings. The number of aliphatic imine (C=N–C) groups is 1. The summed E-state index contributed by atoms with van der Waals surface area (Å²) in [6.45, 7) is 4.83. The summed E-state index contributed by atoms with van der Waals surface area (Å²) in [6.07, 6.45) is 0. The Hall–Kier alpha value is -2.44. The summed E-state index contributed by atoms with van der Waals surface area (Å²) >= 11 is 0. The van der Waals surface area contributed by atoms with Crippen molar-refractivity contribution in [3.8, 4) is 11.5 Å². The molecule has 0 aromatic heterocycles. The molecule has 0 radical (unpaired) electrons. The fourth-order valence-electron chi connectivity index (χ4n) is 1.80. The zero-order valence-corrected chi connectivity index (χ0v) is 14.4. The highest BCUT2D eigenvalue weighted by atomic mass is 16.5. The van der Waals surface area contributed by atoms with Crippen LogP contribution in [0.25, 0.3) is 0 Å². The van der Waals surface area contributed by atoms with Crippen molar-refractivity contribution < 1.29 is 14.3 Å². The number of guanidine groups is 1. The highest BCUT2D eigenvalue weighted by Gasteiger charge is 2.07. The number of nitrogens with zero attached hydrogens (tertiary/aromatic N) is 1. The average molecular weight is 322 g/mol. The third-order valence-corrected chi connectivity index (χ3v) is 3.11. The first-order valence-corrected chi connectivity index (χ1v) is 7.49. The third kappa shape index (κ3) is 6.06. The molecule has 3 N–H and O–H groups in total. The van der Waals surface area contributed by atoms with E-state index < -0.39 is 0 Å². The number of carbonyl (C=O) groups is 1. The summed E-state index contributed by atoms with van der Waals surface area (Å²) in [7, 11) is 4.87. The van der Waals surface area contributed by atoms with E-state index in [2.05, 4.69) is 20.9 Å². The van der Waals surface area contributed by atoms with E-state index >= 15 is 0 Å². The van der Waals surface area contributed by atoms with Crippen LogP contribution in [0, 0.1) is 5.92 Å². The van der Waals surface area contributed by atoms with Gasteiger partial charge in [-0.3, -0.25) is 9.79 Å². The second-order valence-corrected chi connectivity index (χ2v) is 5.14. The number of amides is 1. The van der Waals surface area contributed by atoms with E-state index in [1.165, 1.54) is 0 Å². The molecule has 1 rings (SSSR count). The van der Waals surface area contributed by atoms with E-state index in [4.69, 9.17) is 9.47 Å². The summed E-state index contributed by atoms with van der Waals surface area (Å²) in [5, 5.41) is 9.12. The van der Waals surface area contributed by atoms with E-state index in [-0.39, 0.29) is 11.8 Å². The van der Waals surface area contributed by atoms with Gasteiger partial charge in [0.15, 0.2) is 17.5 Å². The minimum absolute atomic E-state index is 0.0146. The van der Waals surface area contributed by atoms with Gasteiger partial charge in [-0.1, -0.05) is 13.8 Å². The molecule has 1 amide bonds. The van der Waals surface area contributed by atoms with Crippen molar-refractivity contribution in [2.24, 2.45) is 10.9 Å². The summed E-state index contributed by atoms with van der Waals surface area (Å²) in [5.74, 6) is 1.93. The Morgan fingerprint density at radius 3 is 2.35 bits per heavy atom. The van der Waals surface area contributed by atoms with Gasteiger partial charge in [-0.15, -0.1) is 0 Å². The molecule has 0 unspecified atom stereocenters. The Kier molecular flexibility index (Phi) is 7.73. The topological polar surface area (TPSA) is 84.0 Å². The second-order valence-electron chi connectivity index (χ2n) is 5.14. The Balaban J connectivity index is 2.52. The number of hydrogen-bond acceptors (Lipinski definition) is 4. The minimum Gasteiger partial charge on any atom is -0.493 e. The van der Waals surface area contributed by atoms with Crippen molar-refractivity contribution in [1.29, 1.82) is 0 Å². The van der Waals surface area contributed by atoms with E-state index in [1.807, 2.05) is 32.0 Å². The lowest BCUT2D eigenvalue weighted by molar-refractivity contribution is -0.123. The lowest BCUT2D eigenvalue weighted by Gasteiger charge is -2.14. The predicted octanol–water partition coefficient (Wildman–Crippen LogP) is 1.46. The van der Waals surface area contributed by atoms with Crippen LogP contribution in [0.5, 0.6) is 11.5 Å². The zero-order valence-electron chi connectivity index (χ0n) is 14.4. The van der Waals surface area contributed by atoms with Crippen molar-refractivity contribution in [2.45, 2.75) is 13.8 Å². The number of nitrogens with one attached hydrogen (secondary N) is 3. The van der Waals surface area contributed by atoms with Crippen LogP contribution in [0.1, 0.15) is 13.8 Å². The van der Waals surface area contributed by atoms with Crippen LogP contribution in [0.4, 0.5) is 5.69 Å². The van der Waals surface area contributed by atoms with Crippen molar-refractivity contribution in [1.82, 2.24) is 10.6 Å². The number of rotatable bonds is 7. The van der Waals surface area contributed by atoms with Crippen LogP contribution in [-0.2, 0) is 4.79 Å². The lowest BCUT2D eigenvalue weighted by Crippen LogP contribution is -2.38. The monoisotopic (exact) mass is 322 g/mol. The zero-order chi connectivity index (χ0) is 17.2. The van der Waals surface area contributed by atoms with Crippen LogP contribution in [0.15, 0.2) is 23.2 Å². The minimum atomic E-state index is -0.0146. The van der Waals surface area contributed by atoms with E-state index in [0.717, 1.165) is 5.69 Å². The van der Waals surface area contributed by atoms with Gasteiger partial charge >= 0.3 is 0 Å². The van der Waals surface area contributed by atoms with E-state index in [9.17, 15) is 4.79 Å². The molecular weight excluding hydrogens is 296 g/mol. The highest BCUT2D eigenvalue weighted by Crippen LogP contribution is 2.29. The number of carbonyl (C=O) groups excluding carboxylic acids is 1. The first-order chi connectivity index (χ1) is 11.0. The van der Waals surface area contributed by atoms with Gasteiger partial charge in [-0.25, -0.2) is 0 Å². The fourth-order valence-corrected chi connectivity index (χ4v) is 1.80. The highest BCUT2D eigenvalue weighted by molar-refractivity contribution is 5.93. The van der Waals surface area contributed by atoms with Crippen LogP contribution < -0.4 is 25.4 Å². The molecule has 23 heavy (non-hydrogen) atoms. The Labute approximate surface area is 137 Å². The van der Waals surface area contributed by atoms with Gasteiger partial charge in [0.25, 0.3) is 0 Å². The molecule has 0 saturated heterocycles. The van der Waals surface area contributed by atoms with Crippen LogP contribution in [0.3, 0.4) is 0 Å². The molecule has 0 aliphatic rings. The number of ether oxygens (including phenoxy) is 2. The smallest absolute Gasteiger partial charge is 0.222 e. The largest absolute Gasteiger partial charge is 0.493 e. The van der Waals surface area contributed by atoms with Crippen LogP contribution in [0.2, 0.25) is 0 Å². The van der Waals surface area contributed by atoms with Crippen LogP contribution >= 0.6 is 0 Å². The number of benzene rings is 1. The number of anilines is 1. The normalized spacial score (nSPS) is 11.1. The lowest BCUT2D eigenvalue weighted by atomic mass is 10.2. The van der Waals surface area contributed by atoms with Crippen LogP contribution in [-0.4, -0.2) is 46.2 Å². The molecule has 1 aromatic carbocycles. The molecule has 7 nitrogen and oxygen atoms in total. The first-order valence-electron chi connectivity index (χ1n) is 7.49. The van der Waals surface area contributed by atoms with Gasteiger partial charge in [0.05, 0.1) is 14.2 Å². The predicted molar refractivity (Wildman–Crippen MR) is 92.4 cm³/mol. The Bertz CT molecular complexity index is 544. The molecule has 0 aliphatic carbocycles. The Morgan fingerprint density at radius 1 is 1.13 bits per heavy atom. The van der Waals surface area contributed by atoms with E-state index in [1.54, 1.807) is 21.3 Å². The van der Waals surface area contributed by atoms with Gasteiger partial charge in [0.2, 0.25) is 5.91 Å². The first kappa shape index (κ1) is 18.6. The maximum atomic E-state index is 11.5. The van der Waals surface area contributed by atoms with Gasteiger partial charge in [0, 0.05) is 37.8 Å². The van der Waals surface area contributed by atoms with Gasteiger partial charge in [-0.2, -0.15) is 0 Å².